The Morgan fingerprint density at radius 1 is 1.31 bits per heavy atom. The zero-order chi connectivity index (χ0) is 10.6. The average molecular weight is 199 g/mol. The van der Waals surface area contributed by atoms with E-state index in [1.807, 2.05) is 0 Å². The van der Waals surface area contributed by atoms with Crippen molar-refractivity contribution in [1.82, 2.24) is 0 Å². The van der Waals surface area contributed by atoms with Gasteiger partial charge in [-0.15, -0.1) is 0 Å². The minimum atomic E-state index is -5.08. The van der Waals surface area contributed by atoms with E-state index >= 15 is 0 Å². The van der Waals surface area contributed by atoms with Gasteiger partial charge in [-0.3, -0.25) is 4.79 Å². The summed E-state index contributed by atoms with van der Waals surface area (Å²) in [5, 5.41) is 7.12. The van der Waals surface area contributed by atoms with Gasteiger partial charge >= 0.3 is 12.1 Å². The van der Waals surface area contributed by atoms with Gasteiger partial charge in [0.2, 0.25) is 5.91 Å². The van der Waals surface area contributed by atoms with Gasteiger partial charge in [-0.2, -0.15) is 13.2 Å². The van der Waals surface area contributed by atoms with Crippen molar-refractivity contribution in [2.75, 3.05) is 0 Å². The van der Waals surface area contributed by atoms with E-state index in [9.17, 15) is 18.0 Å². The highest BCUT2D eigenvalue weighted by Crippen LogP contribution is 2.27. The lowest BCUT2D eigenvalue weighted by Gasteiger charge is -1.93. The standard InChI is InChI=1S/C4H7NO.C2HF3O2/c5-4(6)3-1-2-3;3-2(4,5)1(6)7/h3H,1-2H2,(H2,5,6);(H,6,7). The number of rotatable bonds is 1. The molecular formula is C6H8F3NO3. The second kappa shape index (κ2) is 4.11. The fourth-order valence-corrected chi connectivity index (χ4v) is 0.368. The normalized spacial score (nSPS) is 15.6. The van der Waals surface area contributed by atoms with Crippen molar-refractivity contribution in [3.8, 4) is 0 Å². The first-order valence-corrected chi connectivity index (χ1v) is 3.34. The predicted octanol–water partition coefficient (Wildman–Crippen LogP) is 0.515. The number of carboxylic acid groups (broad SMARTS) is 1. The third-order valence-electron chi connectivity index (χ3n) is 1.22. The van der Waals surface area contributed by atoms with Gasteiger partial charge in [-0.25, -0.2) is 4.79 Å². The fraction of sp³-hybridized carbons (Fsp3) is 0.667. The van der Waals surface area contributed by atoms with Crippen LogP contribution >= 0.6 is 0 Å². The molecule has 0 spiro atoms. The van der Waals surface area contributed by atoms with Crippen molar-refractivity contribution >= 4 is 11.9 Å². The molecule has 0 heterocycles. The molecule has 0 aromatic rings. The number of halogens is 3. The number of primary amides is 1. The molecule has 3 N–H and O–H groups in total. The molecule has 1 amide bonds. The van der Waals surface area contributed by atoms with Crippen LogP contribution in [0, 0.1) is 5.92 Å². The van der Waals surface area contributed by atoms with E-state index in [-0.39, 0.29) is 11.8 Å². The second-order valence-electron chi connectivity index (χ2n) is 2.48. The molecule has 0 aromatic heterocycles. The van der Waals surface area contributed by atoms with E-state index in [1.54, 1.807) is 0 Å². The minimum absolute atomic E-state index is 0.130. The average Bonchev–Trinajstić information content (AvgIpc) is 2.65. The number of carboxylic acids is 1. The first kappa shape index (κ1) is 11.7. The summed E-state index contributed by atoms with van der Waals surface area (Å²) >= 11 is 0. The molecule has 76 valence electrons. The molecule has 0 atom stereocenters. The number of hydrogen-bond acceptors (Lipinski definition) is 2. The van der Waals surface area contributed by atoms with Crippen LogP contribution < -0.4 is 5.73 Å². The monoisotopic (exact) mass is 199 g/mol. The van der Waals surface area contributed by atoms with Crippen molar-refractivity contribution in [2.45, 2.75) is 19.0 Å². The van der Waals surface area contributed by atoms with E-state index in [2.05, 4.69) is 0 Å². The van der Waals surface area contributed by atoms with Gasteiger partial charge in [0.05, 0.1) is 0 Å². The van der Waals surface area contributed by atoms with Crippen LogP contribution in [0.2, 0.25) is 0 Å². The molecule has 13 heavy (non-hydrogen) atoms. The van der Waals surface area contributed by atoms with Crippen molar-refractivity contribution in [2.24, 2.45) is 11.7 Å². The molecule has 4 nitrogen and oxygen atoms in total. The Bertz CT molecular complexity index is 210. The fourth-order valence-electron chi connectivity index (χ4n) is 0.368. The van der Waals surface area contributed by atoms with Gasteiger partial charge in [0.1, 0.15) is 0 Å². The molecule has 0 radical (unpaired) electrons. The number of hydrogen-bond donors (Lipinski definition) is 2. The van der Waals surface area contributed by atoms with Crippen LogP contribution in [0.15, 0.2) is 0 Å². The smallest absolute Gasteiger partial charge is 0.475 e. The summed E-state index contributed by atoms with van der Waals surface area (Å²) in [5.41, 5.74) is 4.86. The summed E-state index contributed by atoms with van der Waals surface area (Å²) in [6.45, 7) is 0. The van der Waals surface area contributed by atoms with E-state index in [0.29, 0.717) is 0 Å². The van der Waals surface area contributed by atoms with E-state index in [1.165, 1.54) is 0 Å². The quantitative estimate of drug-likeness (QED) is 0.645. The molecule has 0 saturated heterocycles. The van der Waals surface area contributed by atoms with Crippen molar-refractivity contribution in [1.29, 1.82) is 0 Å². The molecule has 0 aromatic carbocycles. The Kier molecular flexibility index (Phi) is 3.70. The highest BCUT2D eigenvalue weighted by atomic mass is 19.4. The lowest BCUT2D eigenvalue weighted by Crippen LogP contribution is -2.21. The van der Waals surface area contributed by atoms with Gasteiger partial charge in [-0.05, 0) is 12.8 Å². The topological polar surface area (TPSA) is 80.4 Å². The van der Waals surface area contributed by atoms with Crippen molar-refractivity contribution < 1.29 is 27.9 Å². The maximum absolute atomic E-state index is 10.6. The molecule has 0 aliphatic heterocycles. The Morgan fingerprint density at radius 3 is 1.62 bits per heavy atom. The van der Waals surface area contributed by atoms with Crippen LogP contribution in [-0.4, -0.2) is 23.2 Å². The lowest BCUT2D eigenvalue weighted by atomic mass is 10.4. The zero-order valence-electron chi connectivity index (χ0n) is 6.47. The number of carbonyl (C=O) groups is 2. The largest absolute Gasteiger partial charge is 0.490 e. The number of aliphatic carboxylic acids is 1. The van der Waals surface area contributed by atoms with Gasteiger partial charge in [0, 0.05) is 5.92 Å². The van der Waals surface area contributed by atoms with Crippen LogP contribution in [0.25, 0.3) is 0 Å². The molecule has 7 heteroatoms. The van der Waals surface area contributed by atoms with Crippen LogP contribution in [0.4, 0.5) is 13.2 Å². The molecule has 1 aliphatic carbocycles. The Balaban J connectivity index is 0.000000223. The maximum atomic E-state index is 10.6. The SMILES string of the molecule is NC(=O)C1CC1.O=C(O)C(F)(F)F. The number of carbonyl (C=O) groups excluding carboxylic acids is 1. The Labute approximate surface area is 71.5 Å². The lowest BCUT2D eigenvalue weighted by molar-refractivity contribution is -0.192. The van der Waals surface area contributed by atoms with Crippen LogP contribution in [0.1, 0.15) is 12.8 Å². The molecular weight excluding hydrogens is 191 g/mol. The highest BCUT2D eigenvalue weighted by molar-refractivity contribution is 5.78. The van der Waals surface area contributed by atoms with Gasteiger partial charge < -0.3 is 10.8 Å². The van der Waals surface area contributed by atoms with Gasteiger partial charge in [0.15, 0.2) is 0 Å². The maximum Gasteiger partial charge on any atom is 0.490 e. The van der Waals surface area contributed by atoms with E-state index in [0.717, 1.165) is 12.8 Å². The summed E-state index contributed by atoms with van der Waals surface area (Å²) in [4.78, 5) is 18.9. The Morgan fingerprint density at radius 2 is 1.62 bits per heavy atom. The van der Waals surface area contributed by atoms with Crippen LogP contribution in [0.5, 0.6) is 0 Å². The van der Waals surface area contributed by atoms with Crippen LogP contribution in [-0.2, 0) is 9.59 Å². The molecule has 1 fully saturated rings. The molecule has 0 bridgehead atoms. The van der Waals surface area contributed by atoms with Gasteiger partial charge in [-0.1, -0.05) is 0 Å². The van der Waals surface area contributed by atoms with Crippen LogP contribution in [0.3, 0.4) is 0 Å². The number of amides is 1. The summed E-state index contributed by atoms with van der Waals surface area (Å²) in [5.74, 6) is -2.65. The second-order valence-corrected chi connectivity index (χ2v) is 2.48. The zero-order valence-corrected chi connectivity index (χ0v) is 6.47. The molecule has 1 saturated carbocycles. The van der Waals surface area contributed by atoms with Gasteiger partial charge in [0.25, 0.3) is 0 Å². The molecule has 1 aliphatic rings. The van der Waals surface area contributed by atoms with E-state index in [4.69, 9.17) is 15.6 Å². The predicted molar refractivity (Wildman–Crippen MR) is 35.6 cm³/mol. The minimum Gasteiger partial charge on any atom is -0.475 e. The summed E-state index contributed by atoms with van der Waals surface area (Å²) in [6.07, 6.45) is -3.04. The van der Waals surface area contributed by atoms with Crippen molar-refractivity contribution in [3.63, 3.8) is 0 Å². The van der Waals surface area contributed by atoms with Crippen molar-refractivity contribution in [3.05, 3.63) is 0 Å². The number of alkyl halides is 3. The first-order chi connectivity index (χ1) is 5.75. The third-order valence-corrected chi connectivity index (χ3v) is 1.22. The number of nitrogens with two attached hydrogens (primary N) is 1. The molecule has 0 unspecified atom stereocenters. The van der Waals surface area contributed by atoms with E-state index < -0.39 is 12.1 Å². The first-order valence-electron chi connectivity index (χ1n) is 3.34. The summed E-state index contributed by atoms with van der Waals surface area (Å²) in [6, 6.07) is 0. The highest BCUT2D eigenvalue weighted by Gasteiger charge is 2.38. The Hall–Kier alpha value is -1.27. The molecule has 1 rings (SSSR count). The third kappa shape index (κ3) is 5.94. The summed E-state index contributed by atoms with van der Waals surface area (Å²) < 4.78 is 31.7. The summed E-state index contributed by atoms with van der Waals surface area (Å²) in [7, 11) is 0.